The SMILES string of the molecule is c1ccc2nc(N3CCN(c4nc5ccccc5[nH]4)CC3)cnc2c1. The number of hydrogen-bond acceptors (Lipinski definition) is 5. The highest BCUT2D eigenvalue weighted by molar-refractivity contribution is 5.77. The Hall–Kier alpha value is -3.15. The van der Waals surface area contributed by atoms with Gasteiger partial charge in [0.25, 0.3) is 0 Å². The van der Waals surface area contributed by atoms with Gasteiger partial charge in [0.05, 0.1) is 28.3 Å². The Morgan fingerprint density at radius 1 is 0.720 bits per heavy atom. The van der Waals surface area contributed by atoms with Crippen molar-refractivity contribution in [2.24, 2.45) is 0 Å². The molecule has 1 aliphatic rings. The van der Waals surface area contributed by atoms with E-state index in [-0.39, 0.29) is 0 Å². The van der Waals surface area contributed by atoms with E-state index in [2.05, 4.69) is 25.8 Å². The van der Waals surface area contributed by atoms with Crippen LogP contribution in [0, 0.1) is 0 Å². The lowest BCUT2D eigenvalue weighted by atomic mass is 10.3. The number of anilines is 2. The number of nitrogens with one attached hydrogen (secondary N) is 1. The molecule has 6 nitrogen and oxygen atoms in total. The first kappa shape index (κ1) is 14.2. The Labute approximate surface area is 145 Å². The van der Waals surface area contributed by atoms with E-state index in [9.17, 15) is 0 Å². The zero-order valence-electron chi connectivity index (χ0n) is 13.8. The summed E-state index contributed by atoms with van der Waals surface area (Å²) < 4.78 is 0. The predicted octanol–water partition coefficient (Wildman–Crippen LogP) is 2.83. The molecule has 25 heavy (non-hydrogen) atoms. The first-order chi connectivity index (χ1) is 12.4. The molecule has 0 atom stereocenters. The Bertz CT molecular complexity index is 999. The first-order valence-electron chi connectivity index (χ1n) is 8.53. The monoisotopic (exact) mass is 330 g/mol. The van der Waals surface area contributed by atoms with Crippen molar-refractivity contribution in [1.82, 2.24) is 19.9 Å². The number of rotatable bonds is 2. The van der Waals surface area contributed by atoms with Crippen molar-refractivity contribution in [3.63, 3.8) is 0 Å². The van der Waals surface area contributed by atoms with Gasteiger partial charge in [0.2, 0.25) is 5.95 Å². The van der Waals surface area contributed by atoms with Gasteiger partial charge >= 0.3 is 0 Å². The zero-order valence-corrected chi connectivity index (χ0v) is 13.8. The molecule has 2 aromatic carbocycles. The lowest BCUT2D eigenvalue weighted by Crippen LogP contribution is -2.47. The Morgan fingerprint density at radius 3 is 2.20 bits per heavy atom. The van der Waals surface area contributed by atoms with Gasteiger partial charge in [0, 0.05) is 26.2 Å². The van der Waals surface area contributed by atoms with Crippen LogP contribution in [0.4, 0.5) is 11.8 Å². The molecule has 6 heteroatoms. The Kier molecular flexibility index (Phi) is 3.26. The highest BCUT2D eigenvalue weighted by Crippen LogP contribution is 2.21. The van der Waals surface area contributed by atoms with Crippen LogP contribution in [0.25, 0.3) is 22.1 Å². The number of fused-ring (bicyclic) bond motifs is 2. The topological polar surface area (TPSA) is 60.9 Å². The van der Waals surface area contributed by atoms with E-state index in [1.54, 1.807) is 0 Å². The minimum Gasteiger partial charge on any atom is -0.352 e. The Morgan fingerprint density at radius 2 is 1.40 bits per heavy atom. The van der Waals surface area contributed by atoms with E-state index in [4.69, 9.17) is 9.97 Å². The molecule has 1 fully saturated rings. The second-order valence-corrected chi connectivity index (χ2v) is 6.27. The quantitative estimate of drug-likeness (QED) is 0.612. The van der Waals surface area contributed by atoms with Gasteiger partial charge in [-0.1, -0.05) is 24.3 Å². The molecule has 0 aliphatic carbocycles. The third-order valence-corrected chi connectivity index (χ3v) is 4.72. The molecular formula is C19H18N6. The molecule has 0 saturated carbocycles. The molecule has 0 unspecified atom stereocenters. The first-order valence-corrected chi connectivity index (χ1v) is 8.53. The highest BCUT2D eigenvalue weighted by Gasteiger charge is 2.20. The summed E-state index contributed by atoms with van der Waals surface area (Å²) in [5.74, 6) is 1.90. The van der Waals surface area contributed by atoms with E-state index in [1.807, 2.05) is 48.7 Å². The van der Waals surface area contributed by atoms with Gasteiger partial charge in [0.1, 0.15) is 5.82 Å². The van der Waals surface area contributed by atoms with Crippen LogP contribution in [0.5, 0.6) is 0 Å². The molecular weight excluding hydrogens is 312 g/mol. The maximum Gasteiger partial charge on any atom is 0.203 e. The van der Waals surface area contributed by atoms with E-state index in [0.29, 0.717) is 0 Å². The van der Waals surface area contributed by atoms with Crippen molar-refractivity contribution in [3.8, 4) is 0 Å². The minimum absolute atomic E-state index is 0.907. The summed E-state index contributed by atoms with van der Waals surface area (Å²) in [5.41, 5.74) is 3.98. The van der Waals surface area contributed by atoms with Gasteiger partial charge in [0.15, 0.2) is 0 Å². The second kappa shape index (κ2) is 5.73. The maximum absolute atomic E-state index is 4.75. The number of H-pyrrole nitrogens is 1. The minimum atomic E-state index is 0.907. The molecule has 1 N–H and O–H groups in total. The van der Waals surface area contributed by atoms with E-state index < -0.39 is 0 Å². The number of hydrogen-bond donors (Lipinski definition) is 1. The largest absolute Gasteiger partial charge is 0.352 e. The number of benzene rings is 2. The average molecular weight is 330 g/mol. The zero-order chi connectivity index (χ0) is 16.6. The van der Waals surface area contributed by atoms with Gasteiger partial charge in [-0.05, 0) is 24.3 Å². The number of piperazine rings is 1. The van der Waals surface area contributed by atoms with Gasteiger partial charge in [-0.2, -0.15) is 0 Å². The van der Waals surface area contributed by atoms with Crippen molar-refractivity contribution in [2.45, 2.75) is 0 Å². The summed E-state index contributed by atoms with van der Waals surface area (Å²) in [6.45, 7) is 3.64. The van der Waals surface area contributed by atoms with Crippen LogP contribution in [-0.2, 0) is 0 Å². The molecule has 0 bridgehead atoms. The summed E-state index contributed by atoms with van der Waals surface area (Å²) >= 11 is 0. The molecule has 1 aliphatic heterocycles. The summed E-state index contributed by atoms with van der Waals surface area (Å²) in [6, 6.07) is 16.1. The van der Waals surface area contributed by atoms with Crippen LogP contribution in [0.15, 0.2) is 54.7 Å². The number of aromatic amines is 1. The number of imidazole rings is 1. The van der Waals surface area contributed by atoms with Crippen LogP contribution in [-0.4, -0.2) is 46.1 Å². The fourth-order valence-electron chi connectivity index (χ4n) is 3.34. The lowest BCUT2D eigenvalue weighted by molar-refractivity contribution is 0.638. The summed E-state index contributed by atoms with van der Waals surface area (Å²) in [6.07, 6.45) is 1.87. The molecule has 0 spiro atoms. The maximum atomic E-state index is 4.75. The fraction of sp³-hybridized carbons (Fsp3) is 0.211. The van der Waals surface area contributed by atoms with Crippen molar-refractivity contribution in [3.05, 3.63) is 54.7 Å². The molecule has 3 heterocycles. The molecule has 5 rings (SSSR count). The molecule has 4 aromatic rings. The van der Waals surface area contributed by atoms with Gasteiger partial charge in [-0.15, -0.1) is 0 Å². The van der Waals surface area contributed by atoms with Crippen molar-refractivity contribution >= 4 is 33.8 Å². The molecule has 0 radical (unpaired) electrons. The van der Waals surface area contributed by atoms with Crippen LogP contribution in [0.2, 0.25) is 0 Å². The predicted molar refractivity (Wildman–Crippen MR) is 100 cm³/mol. The fourth-order valence-corrected chi connectivity index (χ4v) is 3.34. The number of nitrogens with zero attached hydrogens (tertiary/aromatic N) is 5. The van der Waals surface area contributed by atoms with Crippen LogP contribution < -0.4 is 9.80 Å². The van der Waals surface area contributed by atoms with Crippen LogP contribution in [0.1, 0.15) is 0 Å². The summed E-state index contributed by atoms with van der Waals surface area (Å²) in [7, 11) is 0. The Balaban J connectivity index is 1.34. The van der Waals surface area contributed by atoms with Gasteiger partial charge in [-0.25, -0.2) is 9.97 Å². The third kappa shape index (κ3) is 2.55. The average Bonchev–Trinajstić information content (AvgIpc) is 3.12. The summed E-state index contributed by atoms with van der Waals surface area (Å²) in [4.78, 5) is 22.0. The van der Waals surface area contributed by atoms with Gasteiger partial charge < -0.3 is 14.8 Å². The van der Waals surface area contributed by atoms with Crippen LogP contribution >= 0.6 is 0 Å². The highest BCUT2D eigenvalue weighted by atomic mass is 15.3. The number of aromatic nitrogens is 4. The lowest BCUT2D eigenvalue weighted by Gasteiger charge is -2.35. The third-order valence-electron chi connectivity index (χ3n) is 4.72. The van der Waals surface area contributed by atoms with Gasteiger partial charge in [-0.3, -0.25) is 4.98 Å². The van der Waals surface area contributed by atoms with Crippen molar-refractivity contribution in [1.29, 1.82) is 0 Å². The number of para-hydroxylation sites is 4. The van der Waals surface area contributed by atoms with Crippen molar-refractivity contribution in [2.75, 3.05) is 36.0 Å². The second-order valence-electron chi connectivity index (χ2n) is 6.27. The molecule has 124 valence electrons. The normalized spacial score (nSPS) is 15.2. The van der Waals surface area contributed by atoms with Crippen LogP contribution in [0.3, 0.4) is 0 Å². The summed E-state index contributed by atoms with van der Waals surface area (Å²) in [5, 5.41) is 0. The smallest absolute Gasteiger partial charge is 0.203 e. The van der Waals surface area contributed by atoms with E-state index >= 15 is 0 Å². The van der Waals surface area contributed by atoms with Crippen molar-refractivity contribution < 1.29 is 0 Å². The molecule has 1 saturated heterocycles. The molecule has 2 aromatic heterocycles. The van der Waals surface area contributed by atoms with E-state index in [0.717, 1.165) is 60.0 Å². The molecule has 0 amide bonds. The van der Waals surface area contributed by atoms with E-state index in [1.165, 1.54) is 0 Å². The standard InChI is InChI=1S/C19H18N6/c1-2-6-15-14(5-1)20-13-18(21-15)24-9-11-25(12-10-24)19-22-16-7-3-4-8-17(16)23-19/h1-8,13H,9-12H2,(H,22,23).